The van der Waals surface area contributed by atoms with Gasteiger partial charge in [0.1, 0.15) is 4.99 Å². The van der Waals surface area contributed by atoms with E-state index in [1.807, 2.05) is 31.3 Å². The van der Waals surface area contributed by atoms with Gasteiger partial charge in [0.2, 0.25) is 0 Å². The van der Waals surface area contributed by atoms with Crippen LogP contribution in [-0.4, -0.2) is 30.8 Å². The van der Waals surface area contributed by atoms with E-state index in [-0.39, 0.29) is 5.60 Å². The molecule has 0 heterocycles. The van der Waals surface area contributed by atoms with Gasteiger partial charge in [0.05, 0.1) is 12.2 Å². The van der Waals surface area contributed by atoms with Gasteiger partial charge in [0.25, 0.3) is 0 Å². The molecule has 0 saturated carbocycles. The molecule has 100 valence electrons. The van der Waals surface area contributed by atoms with Crippen LogP contribution < -0.4 is 10.6 Å². The number of ether oxygens (including phenoxy) is 1. The predicted octanol–water partition coefficient (Wildman–Crippen LogP) is 2.57. The quantitative estimate of drug-likeness (QED) is 0.831. The zero-order chi connectivity index (χ0) is 13.8. The SMILES string of the molecule is CN(CCOC(C)(C)C)c1ccc(C(N)=S)cc1. The predicted molar refractivity (Wildman–Crippen MR) is 81.3 cm³/mol. The molecule has 0 bridgehead atoms. The molecule has 0 radical (unpaired) electrons. The highest BCUT2D eigenvalue weighted by atomic mass is 32.1. The molecule has 0 aliphatic rings. The number of hydrogen-bond acceptors (Lipinski definition) is 3. The monoisotopic (exact) mass is 266 g/mol. The highest BCUT2D eigenvalue weighted by Crippen LogP contribution is 2.14. The van der Waals surface area contributed by atoms with Gasteiger partial charge in [0.15, 0.2) is 0 Å². The topological polar surface area (TPSA) is 38.5 Å². The van der Waals surface area contributed by atoms with Crippen LogP contribution in [0.5, 0.6) is 0 Å². The van der Waals surface area contributed by atoms with Gasteiger partial charge in [-0.1, -0.05) is 12.2 Å². The molecule has 1 aromatic rings. The third-order valence-corrected chi connectivity index (χ3v) is 2.79. The van der Waals surface area contributed by atoms with Crippen LogP contribution >= 0.6 is 12.2 Å². The second-order valence-corrected chi connectivity index (χ2v) is 5.73. The number of nitrogens with zero attached hydrogens (tertiary/aromatic N) is 1. The molecular weight excluding hydrogens is 244 g/mol. The van der Waals surface area contributed by atoms with E-state index in [0.717, 1.165) is 17.8 Å². The Morgan fingerprint density at radius 1 is 1.28 bits per heavy atom. The Bertz CT molecular complexity index is 395. The Morgan fingerprint density at radius 3 is 2.28 bits per heavy atom. The highest BCUT2D eigenvalue weighted by molar-refractivity contribution is 7.80. The number of hydrogen-bond donors (Lipinski definition) is 1. The van der Waals surface area contributed by atoms with E-state index in [2.05, 4.69) is 25.7 Å². The highest BCUT2D eigenvalue weighted by Gasteiger charge is 2.10. The van der Waals surface area contributed by atoms with Crippen molar-refractivity contribution in [2.24, 2.45) is 5.73 Å². The standard InChI is InChI=1S/C14H22N2OS/c1-14(2,3)17-10-9-16(4)12-7-5-11(6-8-12)13(15)18/h5-8H,9-10H2,1-4H3,(H2,15,18). The second kappa shape index (κ2) is 6.16. The Morgan fingerprint density at radius 2 is 1.83 bits per heavy atom. The van der Waals surface area contributed by atoms with Gasteiger partial charge < -0.3 is 15.4 Å². The van der Waals surface area contributed by atoms with E-state index in [1.165, 1.54) is 0 Å². The third kappa shape index (κ3) is 5.02. The van der Waals surface area contributed by atoms with Crippen LogP contribution in [0.3, 0.4) is 0 Å². The summed E-state index contributed by atoms with van der Waals surface area (Å²) in [5.41, 5.74) is 7.51. The molecule has 0 aromatic heterocycles. The van der Waals surface area contributed by atoms with Crippen molar-refractivity contribution in [3.8, 4) is 0 Å². The van der Waals surface area contributed by atoms with E-state index in [9.17, 15) is 0 Å². The molecule has 18 heavy (non-hydrogen) atoms. The molecule has 0 amide bonds. The zero-order valence-electron chi connectivity index (χ0n) is 11.6. The molecule has 0 aliphatic carbocycles. The van der Waals surface area contributed by atoms with Gasteiger partial charge in [-0.05, 0) is 45.0 Å². The van der Waals surface area contributed by atoms with Crippen molar-refractivity contribution < 1.29 is 4.74 Å². The third-order valence-electron chi connectivity index (χ3n) is 2.55. The fraction of sp³-hybridized carbons (Fsp3) is 0.500. The van der Waals surface area contributed by atoms with E-state index in [4.69, 9.17) is 22.7 Å². The Kier molecular flexibility index (Phi) is 5.11. The summed E-state index contributed by atoms with van der Waals surface area (Å²) in [4.78, 5) is 2.58. The van der Waals surface area contributed by atoms with Crippen LogP contribution in [0.25, 0.3) is 0 Å². The van der Waals surface area contributed by atoms with Crippen LogP contribution in [0.1, 0.15) is 26.3 Å². The number of nitrogens with two attached hydrogens (primary N) is 1. The number of thiocarbonyl (C=S) groups is 1. The van der Waals surface area contributed by atoms with E-state index in [1.54, 1.807) is 0 Å². The van der Waals surface area contributed by atoms with Crippen LogP contribution in [0.2, 0.25) is 0 Å². The molecule has 0 aliphatic heterocycles. The molecule has 0 saturated heterocycles. The maximum absolute atomic E-state index is 5.70. The maximum Gasteiger partial charge on any atom is 0.103 e. The fourth-order valence-corrected chi connectivity index (χ4v) is 1.63. The van der Waals surface area contributed by atoms with Crippen molar-refractivity contribution in [1.82, 2.24) is 0 Å². The van der Waals surface area contributed by atoms with Gasteiger partial charge in [-0.3, -0.25) is 0 Å². The van der Waals surface area contributed by atoms with E-state index in [0.29, 0.717) is 11.6 Å². The summed E-state index contributed by atoms with van der Waals surface area (Å²) in [5.74, 6) is 0. The molecule has 1 aromatic carbocycles. The molecule has 4 heteroatoms. The van der Waals surface area contributed by atoms with E-state index >= 15 is 0 Å². The molecule has 0 fully saturated rings. The first-order valence-corrected chi connectivity index (χ1v) is 6.45. The molecule has 0 atom stereocenters. The lowest BCUT2D eigenvalue weighted by molar-refractivity contribution is 0.00168. The van der Waals surface area contributed by atoms with Crippen molar-refractivity contribution in [3.63, 3.8) is 0 Å². The zero-order valence-corrected chi connectivity index (χ0v) is 12.4. The van der Waals surface area contributed by atoms with Crippen molar-refractivity contribution >= 4 is 22.9 Å². The summed E-state index contributed by atoms with van der Waals surface area (Å²) in [6.07, 6.45) is 0. The first-order valence-electron chi connectivity index (χ1n) is 6.04. The molecule has 1 rings (SSSR count). The molecule has 3 nitrogen and oxygen atoms in total. The molecular formula is C14H22N2OS. The maximum atomic E-state index is 5.70. The average molecular weight is 266 g/mol. The summed E-state index contributed by atoms with van der Waals surface area (Å²) in [6, 6.07) is 7.93. The van der Waals surface area contributed by atoms with Gasteiger partial charge in [-0.15, -0.1) is 0 Å². The summed E-state index contributed by atoms with van der Waals surface area (Å²) >= 11 is 4.93. The van der Waals surface area contributed by atoms with Crippen molar-refractivity contribution in [1.29, 1.82) is 0 Å². The summed E-state index contributed by atoms with van der Waals surface area (Å²) in [7, 11) is 2.04. The smallest absolute Gasteiger partial charge is 0.103 e. The van der Waals surface area contributed by atoms with Crippen LogP contribution in [0.15, 0.2) is 24.3 Å². The lowest BCUT2D eigenvalue weighted by atomic mass is 10.2. The Labute approximate surface area is 115 Å². The molecule has 0 unspecified atom stereocenters. The second-order valence-electron chi connectivity index (χ2n) is 5.29. The minimum absolute atomic E-state index is 0.0869. The lowest BCUT2D eigenvalue weighted by Gasteiger charge is -2.24. The fourth-order valence-electron chi connectivity index (χ4n) is 1.50. The van der Waals surface area contributed by atoms with Gasteiger partial charge in [-0.25, -0.2) is 0 Å². The normalized spacial score (nSPS) is 11.3. The molecule has 2 N–H and O–H groups in total. The lowest BCUT2D eigenvalue weighted by Crippen LogP contribution is -2.28. The Hall–Kier alpha value is -1.13. The van der Waals surface area contributed by atoms with Gasteiger partial charge >= 0.3 is 0 Å². The van der Waals surface area contributed by atoms with Crippen molar-refractivity contribution in [2.75, 3.05) is 25.1 Å². The van der Waals surface area contributed by atoms with Crippen LogP contribution in [0, 0.1) is 0 Å². The van der Waals surface area contributed by atoms with Crippen LogP contribution in [-0.2, 0) is 4.74 Å². The van der Waals surface area contributed by atoms with Crippen molar-refractivity contribution in [3.05, 3.63) is 29.8 Å². The van der Waals surface area contributed by atoms with E-state index < -0.39 is 0 Å². The summed E-state index contributed by atoms with van der Waals surface area (Å²) in [5, 5.41) is 0. The average Bonchev–Trinajstić information content (AvgIpc) is 2.27. The minimum atomic E-state index is -0.0869. The van der Waals surface area contributed by atoms with Gasteiger partial charge in [0, 0.05) is 24.8 Å². The number of rotatable bonds is 5. The van der Waals surface area contributed by atoms with Crippen LogP contribution in [0.4, 0.5) is 5.69 Å². The summed E-state index contributed by atoms with van der Waals surface area (Å²) < 4.78 is 5.70. The number of likely N-dealkylation sites (N-methyl/N-ethyl adjacent to an activating group) is 1. The first-order chi connectivity index (χ1) is 8.29. The van der Waals surface area contributed by atoms with Gasteiger partial charge in [-0.2, -0.15) is 0 Å². The Balaban J connectivity index is 2.51. The number of benzene rings is 1. The summed E-state index contributed by atoms with van der Waals surface area (Å²) in [6.45, 7) is 7.73. The minimum Gasteiger partial charge on any atom is -0.389 e. The number of anilines is 1. The first kappa shape index (κ1) is 14.9. The molecule has 0 spiro atoms. The largest absolute Gasteiger partial charge is 0.389 e. The van der Waals surface area contributed by atoms with Crippen molar-refractivity contribution in [2.45, 2.75) is 26.4 Å².